The Bertz CT molecular complexity index is 1400. The number of nitrogens with zero attached hydrogens (tertiary/aromatic N) is 2. The van der Waals surface area contributed by atoms with E-state index in [2.05, 4.69) is 32.4 Å². The predicted octanol–water partition coefficient (Wildman–Crippen LogP) is 4.57. The summed E-state index contributed by atoms with van der Waals surface area (Å²) in [6.07, 6.45) is 3.78. The Hall–Kier alpha value is -2.87. The molecule has 2 amide bonds. The van der Waals surface area contributed by atoms with E-state index in [1.165, 1.54) is 4.90 Å². The molecule has 0 aliphatic carbocycles. The van der Waals surface area contributed by atoms with Crippen LogP contribution in [0, 0.1) is 0 Å². The summed E-state index contributed by atoms with van der Waals surface area (Å²) in [6.45, 7) is 3.23. The van der Waals surface area contributed by atoms with Gasteiger partial charge < -0.3 is 15.3 Å². The van der Waals surface area contributed by atoms with Crippen molar-refractivity contribution in [1.29, 1.82) is 0 Å². The molecule has 0 radical (unpaired) electrons. The Morgan fingerprint density at radius 3 is 2.44 bits per heavy atom. The van der Waals surface area contributed by atoms with Crippen LogP contribution in [0.5, 0.6) is 0 Å². The second-order valence-electron chi connectivity index (χ2n) is 7.54. The van der Waals surface area contributed by atoms with Crippen molar-refractivity contribution in [2.24, 2.45) is 5.73 Å². The molecule has 0 saturated carbocycles. The minimum absolute atomic E-state index is 0. The Morgan fingerprint density at radius 1 is 1.00 bits per heavy atom. The molecule has 0 fully saturated rings. The van der Waals surface area contributed by atoms with Gasteiger partial charge in [0, 0.05) is 69.4 Å². The molecule has 0 bridgehead atoms. The Morgan fingerprint density at radius 2 is 1.72 bits per heavy atom. The molecule has 2 aromatic carbocycles. The minimum atomic E-state index is -0.303. The molecule has 164 valence electrons. The number of amides is 2. The van der Waals surface area contributed by atoms with Crippen molar-refractivity contribution >= 4 is 73.1 Å². The first-order chi connectivity index (χ1) is 15.0. The highest BCUT2D eigenvalue weighted by Crippen LogP contribution is 2.41. The Labute approximate surface area is 199 Å². The van der Waals surface area contributed by atoms with Gasteiger partial charge in [-0.05, 0) is 25.1 Å². The van der Waals surface area contributed by atoms with Crippen molar-refractivity contribution < 1.29 is 9.59 Å². The van der Waals surface area contributed by atoms with E-state index >= 15 is 0 Å². The van der Waals surface area contributed by atoms with Gasteiger partial charge in [0.05, 0.1) is 11.1 Å². The van der Waals surface area contributed by atoms with E-state index < -0.39 is 0 Å². The lowest BCUT2D eigenvalue weighted by Gasteiger charge is -2.13. The lowest BCUT2D eigenvalue weighted by Crippen LogP contribution is -2.35. The highest BCUT2D eigenvalue weighted by molar-refractivity contribution is 9.10. The maximum absolute atomic E-state index is 13.5. The van der Waals surface area contributed by atoms with E-state index in [1.807, 2.05) is 54.9 Å². The zero-order chi connectivity index (χ0) is 21.7. The number of nitrogens with two attached hydrogens (primary N) is 1. The third-order valence-electron chi connectivity index (χ3n) is 5.83. The van der Waals surface area contributed by atoms with Crippen LogP contribution in [0.3, 0.4) is 0 Å². The van der Waals surface area contributed by atoms with E-state index in [4.69, 9.17) is 5.73 Å². The predicted molar refractivity (Wildman–Crippen MR) is 133 cm³/mol. The van der Waals surface area contributed by atoms with Gasteiger partial charge in [-0.15, -0.1) is 12.4 Å². The quantitative estimate of drug-likeness (QED) is 0.384. The lowest BCUT2D eigenvalue weighted by molar-refractivity contribution is -0.135. The number of carbonyl (C=O) groups is 2. The molecule has 8 heteroatoms. The molecular weight excluding hydrogens is 492 g/mol. The number of nitrogens with one attached hydrogen (secondary N) is 1. The zero-order valence-corrected chi connectivity index (χ0v) is 19.8. The number of para-hydroxylation sites is 1. The molecule has 5 rings (SSSR count). The second kappa shape index (κ2) is 8.58. The van der Waals surface area contributed by atoms with E-state index in [9.17, 15) is 9.59 Å². The summed E-state index contributed by atoms with van der Waals surface area (Å²) >= 11 is 3.49. The van der Waals surface area contributed by atoms with Crippen LogP contribution in [0.4, 0.5) is 0 Å². The number of benzene rings is 2. The van der Waals surface area contributed by atoms with Crippen LogP contribution in [0.15, 0.2) is 59.3 Å². The standard InChI is InChI=1S/C24H21BrN4O2.ClH/c1-2-28-13-18(16-5-3-4-6-20(16)28)22-21(23(30)29(10-9-26)24(22)31)17-12-27-19-11-14(25)7-8-15(17)19;/h3-8,11-13,27H,2,9-10,26H2,1H3;1H. The molecule has 3 N–H and O–H groups in total. The molecule has 0 atom stereocenters. The largest absolute Gasteiger partial charge is 0.361 e. The van der Waals surface area contributed by atoms with Gasteiger partial charge in [-0.1, -0.05) is 40.2 Å². The van der Waals surface area contributed by atoms with Crippen molar-refractivity contribution in [2.75, 3.05) is 13.1 Å². The maximum atomic E-state index is 13.5. The molecule has 6 nitrogen and oxygen atoms in total. The van der Waals surface area contributed by atoms with Crippen molar-refractivity contribution in [1.82, 2.24) is 14.5 Å². The number of fused-ring (bicyclic) bond motifs is 2. The van der Waals surface area contributed by atoms with E-state index in [0.717, 1.165) is 44.0 Å². The van der Waals surface area contributed by atoms with Gasteiger partial charge in [0.25, 0.3) is 11.8 Å². The highest BCUT2D eigenvalue weighted by Gasteiger charge is 2.40. The molecule has 1 aliphatic rings. The number of carbonyl (C=O) groups excluding carboxylic acids is 2. The monoisotopic (exact) mass is 512 g/mol. The smallest absolute Gasteiger partial charge is 0.262 e. The van der Waals surface area contributed by atoms with E-state index in [-0.39, 0.29) is 37.3 Å². The summed E-state index contributed by atoms with van der Waals surface area (Å²) in [5.41, 5.74) is 10.0. The summed E-state index contributed by atoms with van der Waals surface area (Å²) in [5, 5.41) is 1.85. The minimum Gasteiger partial charge on any atom is -0.361 e. The fourth-order valence-corrected chi connectivity index (χ4v) is 4.78. The first-order valence-electron chi connectivity index (χ1n) is 10.2. The number of hydrogen-bond acceptors (Lipinski definition) is 3. The number of aromatic nitrogens is 2. The van der Waals surface area contributed by atoms with Gasteiger partial charge in [0.15, 0.2) is 0 Å². The van der Waals surface area contributed by atoms with Crippen LogP contribution in [0.2, 0.25) is 0 Å². The van der Waals surface area contributed by atoms with Crippen molar-refractivity contribution in [3.8, 4) is 0 Å². The second-order valence-corrected chi connectivity index (χ2v) is 8.45. The molecule has 32 heavy (non-hydrogen) atoms. The van der Waals surface area contributed by atoms with Gasteiger partial charge in [0.2, 0.25) is 0 Å². The van der Waals surface area contributed by atoms with E-state index in [0.29, 0.717) is 11.1 Å². The normalized spacial score (nSPS) is 14.2. The number of imide groups is 1. The summed E-state index contributed by atoms with van der Waals surface area (Å²) in [4.78, 5) is 31.5. The highest BCUT2D eigenvalue weighted by atomic mass is 79.9. The molecule has 3 heterocycles. The maximum Gasteiger partial charge on any atom is 0.262 e. The van der Waals surface area contributed by atoms with E-state index in [1.54, 1.807) is 0 Å². The van der Waals surface area contributed by atoms with Crippen LogP contribution in [0.1, 0.15) is 18.1 Å². The van der Waals surface area contributed by atoms with Gasteiger partial charge in [-0.2, -0.15) is 0 Å². The van der Waals surface area contributed by atoms with Crippen molar-refractivity contribution in [2.45, 2.75) is 13.5 Å². The SMILES string of the molecule is CCn1cc(C2=C(c3c[nH]c4cc(Br)ccc34)C(=O)N(CCN)C2=O)c2ccccc21.Cl. The summed E-state index contributed by atoms with van der Waals surface area (Å²) in [5.74, 6) is -0.599. The average Bonchev–Trinajstić information content (AvgIpc) is 3.41. The third kappa shape index (κ3) is 3.28. The number of aryl methyl sites for hydroxylation is 1. The first-order valence-corrected chi connectivity index (χ1v) is 11.0. The summed E-state index contributed by atoms with van der Waals surface area (Å²) in [7, 11) is 0. The van der Waals surface area contributed by atoms with Crippen LogP contribution >= 0.6 is 28.3 Å². The Kier molecular flexibility index (Phi) is 5.99. The molecule has 1 aliphatic heterocycles. The molecule has 4 aromatic rings. The number of H-pyrrole nitrogens is 1. The number of aromatic amines is 1. The van der Waals surface area contributed by atoms with Crippen LogP contribution in [-0.4, -0.2) is 39.4 Å². The fraction of sp³-hybridized carbons (Fsp3) is 0.167. The van der Waals surface area contributed by atoms with Crippen LogP contribution in [-0.2, 0) is 16.1 Å². The average molecular weight is 514 g/mol. The Balaban J connectivity index is 0.00000245. The summed E-state index contributed by atoms with van der Waals surface area (Å²) < 4.78 is 3.04. The number of halogens is 2. The van der Waals surface area contributed by atoms with Crippen molar-refractivity contribution in [3.63, 3.8) is 0 Å². The zero-order valence-electron chi connectivity index (χ0n) is 17.4. The van der Waals surface area contributed by atoms with Gasteiger partial charge >= 0.3 is 0 Å². The topological polar surface area (TPSA) is 84.1 Å². The molecule has 0 unspecified atom stereocenters. The van der Waals surface area contributed by atoms with Crippen LogP contribution < -0.4 is 5.73 Å². The molecular formula is C24H22BrClN4O2. The van der Waals surface area contributed by atoms with Crippen molar-refractivity contribution in [3.05, 3.63) is 70.5 Å². The fourth-order valence-electron chi connectivity index (χ4n) is 4.42. The van der Waals surface area contributed by atoms with Gasteiger partial charge in [-0.25, -0.2) is 0 Å². The molecule has 0 saturated heterocycles. The lowest BCUT2D eigenvalue weighted by atomic mass is 9.95. The molecule has 2 aromatic heterocycles. The summed E-state index contributed by atoms with van der Waals surface area (Å²) in [6, 6.07) is 13.8. The molecule has 0 spiro atoms. The van der Waals surface area contributed by atoms with Crippen LogP contribution in [0.25, 0.3) is 33.0 Å². The first kappa shape index (κ1) is 22.3. The number of rotatable bonds is 5. The number of hydrogen-bond donors (Lipinski definition) is 2. The third-order valence-corrected chi connectivity index (χ3v) is 6.33. The van der Waals surface area contributed by atoms with Gasteiger partial charge in [0.1, 0.15) is 0 Å². The van der Waals surface area contributed by atoms with Gasteiger partial charge in [-0.3, -0.25) is 14.5 Å².